The minimum Gasteiger partial charge on any atom is -0.295 e. The van der Waals surface area contributed by atoms with E-state index in [-0.39, 0.29) is 18.4 Å². The Hall–Kier alpha value is -3.47. The molecule has 0 spiro atoms. The third-order valence-corrected chi connectivity index (χ3v) is 4.54. The summed E-state index contributed by atoms with van der Waals surface area (Å²) < 4.78 is 13.2. The van der Waals surface area contributed by atoms with Gasteiger partial charge >= 0.3 is 6.03 Å². The molecule has 0 radical (unpaired) electrons. The van der Waals surface area contributed by atoms with Crippen LogP contribution in [0.1, 0.15) is 16.7 Å². The van der Waals surface area contributed by atoms with Crippen molar-refractivity contribution in [3.63, 3.8) is 0 Å². The Morgan fingerprint density at radius 3 is 2.30 bits per heavy atom. The predicted octanol–water partition coefficient (Wildman–Crippen LogP) is 4.65. The summed E-state index contributed by atoms with van der Waals surface area (Å²) in [5.41, 5.74) is 4.15. The highest BCUT2D eigenvalue weighted by atomic mass is 19.1. The van der Waals surface area contributed by atoms with Crippen LogP contribution in [-0.2, 0) is 6.54 Å². The first kappa shape index (κ1) is 17.0. The highest BCUT2D eigenvalue weighted by Crippen LogP contribution is 2.28. The first-order valence-electron chi connectivity index (χ1n) is 8.66. The molecule has 0 unspecified atom stereocenters. The van der Waals surface area contributed by atoms with E-state index >= 15 is 0 Å². The number of carbonyl (C=O) groups is 1. The normalized spacial score (nSPS) is 13.9. The van der Waals surface area contributed by atoms with Crippen LogP contribution in [0.5, 0.6) is 0 Å². The molecule has 1 aliphatic heterocycles. The third kappa shape index (κ3) is 3.31. The number of halogens is 1. The largest absolute Gasteiger partial charge is 0.344 e. The van der Waals surface area contributed by atoms with Gasteiger partial charge in [-0.25, -0.2) is 14.2 Å². The van der Waals surface area contributed by atoms with Crippen LogP contribution in [0, 0.1) is 5.82 Å². The van der Waals surface area contributed by atoms with Gasteiger partial charge < -0.3 is 0 Å². The van der Waals surface area contributed by atoms with E-state index in [0.29, 0.717) is 0 Å². The molecule has 1 heterocycles. The van der Waals surface area contributed by atoms with E-state index in [0.717, 1.165) is 28.1 Å². The Labute approximate surface area is 157 Å². The number of anilines is 1. The van der Waals surface area contributed by atoms with Gasteiger partial charge in [-0.1, -0.05) is 60.7 Å². The van der Waals surface area contributed by atoms with Gasteiger partial charge in [-0.2, -0.15) is 5.10 Å². The topological polar surface area (TPSA) is 35.9 Å². The van der Waals surface area contributed by atoms with Gasteiger partial charge in [0.15, 0.2) is 0 Å². The van der Waals surface area contributed by atoms with Crippen molar-refractivity contribution in [2.45, 2.75) is 6.54 Å². The third-order valence-electron chi connectivity index (χ3n) is 4.54. The van der Waals surface area contributed by atoms with E-state index in [2.05, 4.69) is 0 Å². The Morgan fingerprint density at radius 2 is 1.56 bits per heavy atom. The summed E-state index contributed by atoms with van der Waals surface area (Å²) >= 11 is 0. The molecule has 0 aromatic heterocycles. The van der Waals surface area contributed by atoms with Gasteiger partial charge in [-0.05, 0) is 23.8 Å². The van der Waals surface area contributed by atoms with Gasteiger partial charge in [0, 0.05) is 18.2 Å². The minimum absolute atomic E-state index is 0.238. The molecule has 4 nitrogen and oxygen atoms in total. The van der Waals surface area contributed by atoms with Crippen molar-refractivity contribution in [3.8, 4) is 0 Å². The molecule has 3 aromatic rings. The second-order valence-corrected chi connectivity index (χ2v) is 6.36. The summed E-state index contributed by atoms with van der Waals surface area (Å²) in [5.74, 6) is -0.307. The smallest absolute Gasteiger partial charge is 0.295 e. The fourth-order valence-electron chi connectivity index (χ4n) is 3.13. The van der Waals surface area contributed by atoms with Crippen molar-refractivity contribution in [3.05, 3.63) is 101 Å². The highest BCUT2D eigenvalue weighted by molar-refractivity contribution is 6.18. The standard InChI is InChI=1S/C22H18FN3O/c1-25-20-10-6-5-9-19(20)21(17-7-3-2-4-8-17)24-26(22(25)27)15-16-11-13-18(23)14-12-16/h2-14H,15H2,1H3. The Morgan fingerprint density at radius 1 is 0.889 bits per heavy atom. The summed E-state index contributed by atoms with van der Waals surface area (Å²) in [6, 6.07) is 23.4. The SMILES string of the molecule is CN1C(=O)N(Cc2ccc(F)cc2)N=C(c2ccccc2)c2ccccc21. The van der Waals surface area contributed by atoms with E-state index in [9.17, 15) is 9.18 Å². The number of para-hydroxylation sites is 1. The molecule has 0 aliphatic carbocycles. The highest BCUT2D eigenvalue weighted by Gasteiger charge is 2.27. The lowest BCUT2D eigenvalue weighted by molar-refractivity contribution is 0.206. The van der Waals surface area contributed by atoms with Gasteiger partial charge in [0.1, 0.15) is 11.5 Å². The van der Waals surface area contributed by atoms with E-state index in [1.165, 1.54) is 17.1 Å². The molecule has 0 fully saturated rings. The number of nitrogens with zero attached hydrogens (tertiary/aromatic N) is 3. The van der Waals surface area contributed by atoms with Crippen molar-refractivity contribution in [2.24, 2.45) is 5.10 Å². The molecular formula is C22H18FN3O. The minimum atomic E-state index is -0.307. The number of carbonyl (C=O) groups excluding carboxylic acids is 1. The summed E-state index contributed by atoms with van der Waals surface area (Å²) in [7, 11) is 1.74. The average Bonchev–Trinajstić information content (AvgIpc) is 2.81. The predicted molar refractivity (Wildman–Crippen MR) is 104 cm³/mol. The fraction of sp³-hybridized carbons (Fsp3) is 0.0909. The Kier molecular flexibility index (Phi) is 4.42. The first-order chi connectivity index (χ1) is 13.1. The monoisotopic (exact) mass is 359 g/mol. The number of amides is 2. The number of hydrogen-bond acceptors (Lipinski definition) is 2. The molecule has 1 aliphatic rings. The van der Waals surface area contributed by atoms with E-state index < -0.39 is 0 Å². The van der Waals surface area contributed by atoms with Crippen molar-refractivity contribution in [2.75, 3.05) is 11.9 Å². The van der Waals surface area contributed by atoms with Crippen LogP contribution >= 0.6 is 0 Å². The zero-order valence-corrected chi connectivity index (χ0v) is 14.8. The van der Waals surface area contributed by atoms with Crippen LogP contribution in [0.4, 0.5) is 14.9 Å². The second kappa shape index (κ2) is 7.03. The summed E-state index contributed by atoms with van der Waals surface area (Å²) in [6.07, 6.45) is 0. The van der Waals surface area contributed by atoms with Crippen LogP contribution < -0.4 is 4.90 Å². The maximum absolute atomic E-state index is 13.2. The fourth-order valence-corrected chi connectivity index (χ4v) is 3.13. The molecule has 4 rings (SSSR count). The number of rotatable bonds is 3. The Balaban J connectivity index is 1.82. The number of benzene rings is 3. The van der Waals surface area contributed by atoms with Gasteiger partial charge in [0.2, 0.25) is 0 Å². The first-order valence-corrected chi connectivity index (χ1v) is 8.66. The van der Waals surface area contributed by atoms with Crippen LogP contribution in [0.15, 0.2) is 84.0 Å². The molecule has 0 atom stereocenters. The van der Waals surface area contributed by atoms with Crippen molar-refractivity contribution in [1.82, 2.24) is 5.01 Å². The molecule has 134 valence electrons. The molecule has 27 heavy (non-hydrogen) atoms. The van der Waals surface area contributed by atoms with Gasteiger partial charge in [0.25, 0.3) is 0 Å². The molecule has 0 N–H and O–H groups in total. The summed E-state index contributed by atoms with van der Waals surface area (Å²) in [5, 5.41) is 6.13. The number of hydrazone groups is 1. The summed E-state index contributed by atoms with van der Waals surface area (Å²) in [6.45, 7) is 0.258. The van der Waals surface area contributed by atoms with Gasteiger partial charge in [0.05, 0.1) is 12.2 Å². The summed E-state index contributed by atoms with van der Waals surface area (Å²) in [4.78, 5) is 14.6. The Bertz CT molecular complexity index is 1000. The number of urea groups is 1. The van der Waals surface area contributed by atoms with Crippen LogP contribution in [0.2, 0.25) is 0 Å². The van der Waals surface area contributed by atoms with Crippen LogP contribution in [0.25, 0.3) is 0 Å². The lowest BCUT2D eigenvalue weighted by Gasteiger charge is -2.22. The zero-order chi connectivity index (χ0) is 18.8. The maximum atomic E-state index is 13.2. The molecular weight excluding hydrogens is 341 g/mol. The van der Waals surface area contributed by atoms with E-state index in [1.807, 2.05) is 54.6 Å². The molecule has 0 saturated carbocycles. The molecule has 3 aromatic carbocycles. The van der Waals surface area contributed by atoms with Crippen molar-refractivity contribution in [1.29, 1.82) is 0 Å². The zero-order valence-electron chi connectivity index (χ0n) is 14.8. The second-order valence-electron chi connectivity index (χ2n) is 6.36. The average molecular weight is 359 g/mol. The molecule has 2 amide bonds. The lowest BCUT2D eigenvalue weighted by Crippen LogP contribution is -2.37. The molecule has 0 saturated heterocycles. The van der Waals surface area contributed by atoms with Crippen molar-refractivity contribution < 1.29 is 9.18 Å². The number of fused-ring (bicyclic) bond motifs is 1. The quantitative estimate of drug-likeness (QED) is 0.670. The van der Waals surface area contributed by atoms with E-state index in [1.54, 1.807) is 24.1 Å². The van der Waals surface area contributed by atoms with Crippen LogP contribution in [0.3, 0.4) is 0 Å². The van der Waals surface area contributed by atoms with Crippen molar-refractivity contribution >= 4 is 17.4 Å². The molecule has 0 bridgehead atoms. The van der Waals surface area contributed by atoms with E-state index in [4.69, 9.17) is 5.10 Å². The maximum Gasteiger partial charge on any atom is 0.344 e. The van der Waals surface area contributed by atoms with Gasteiger partial charge in [-0.3, -0.25) is 4.90 Å². The molecule has 5 heteroatoms. The van der Waals surface area contributed by atoms with Gasteiger partial charge in [-0.15, -0.1) is 0 Å². The van der Waals surface area contributed by atoms with Crippen LogP contribution in [-0.4, -0.2) is 23.8 Å². The lowest BCUT2D eigenvalue weighted by atomic mass is 10.0. The number of hydrogen-bond donors (Lipinski definition) is 0.